The summed E-state index contributed by atoms with van der Waals surface area (Å²) < 4.78 is 163. The number of halogens is 11. The number of esters is 4. The van der Waals surface area contributed by atoms with Crippen LogP contribution < -0.4 is 0 Å². The summed E-state index contributed by atoms with van der Waals surface area (Å²) in [7, 11) is 0. The summed E-state index contributed by atoms with van der Waals surface area (Å²) in [5.74, 6) is -38.7. The van der Waals surface area contributed by atoms with Crippen LogP contribution in [-0.2, 0) is 38.1 Å². The van der Waals surface area contributed by atoms with Gasteiger partial charge in [-0.2, -0.15) is 48.3 Å². The van der Waals surface area contributed by atoms with Crippen molar-refractivity contribution in [2.45, 2.75) is 81.3 Å². The van der Waals surface area contributed by atoms with Crippen molar-refractivity contribution in [2.75, 3.05) is 6.61 Å². The maximum Gasteiger partial charge on any atom is 0.460 e. The van der Waals surface area contributed by atoms with Crippen molar-refractivity contribution in [3.8, 4) is 0 Å². The number of alkyl halides is 11. The molecule has 0 aromatic heterocycles. The van der Waals surface area contributed by atoms with E-state index in [1.807, 2.05) is 0 Å². The lowest BCUT2D eigenvalue weighted by atomic mass is 9.90. The van der Waals surface area contributed by atoms with Crippen molar-refractivity contribution in [3.63, 3.8) is 0 Å². The van der Waals surface area contributed by atoms with Crippen molar-refractivity contribution in [1.29, 1.82) is 0 Å². The monoisotopic (exact) mass is 596 g/mol. The van der Waals surface area contributed by atoms with Crippen LogP contribution in [-0.4, -0.2) is 72.2 Å². The number of carbonyl (C=O) groups is 4. The Kier molecular flexibility index (Phi) is 9.68. The fraction of sp³-hybridized carbons (Fsp3) is 0.700. The van der Waals surface area contributed by atoms with E-state index in [9.17, 15) is 67.5 Å². The summed E-state index contributed by atoms with van der Waals surface area (Å²) in [5, 5.41) is 0. The number of carbonyl (C=O) groups excluding carboxylic acids is 4. The summed E-state index contributed by atoms with van der Waals surface area (Å²) in [6.45, 7) is 2.45. The Balaban J connectivity index is 3.50. The summed E-state index contributed by atoms with van der Waals surface area (Å²) in [4.78, 5) is 47.2. The van der Waals surface area contributed by atoms with Gasteiger partial charge in [0.25, 0.3) is 5.79 Å². The minimum Gasteiger partial charge on any atom is -0.452 e. The first-order valence-electron chi connectivity index (χ1n) is 10.4. The van der Waals surface area contributed by atoms with Crippen LogP contribution in [0.25, 0.3) is 0 Å². The van der Waals surface area contributed by atoms with E-state index in [1.165, 1.54) is 0 Å². The molecule has 19 heteroatoms. The van der Waals surface area contributed by atoms with Crippen molar-refractivity contribution in [2.24, 2.45) is 0 Å². The lowest BCUT2D eigenvalue weighted by molar-refractivity contribution is -0.358. The van der Waals surface area contributed by atoms with Gasteiger partial charge in [0.15, 0.2) is 12.7 Å². The Labute approximate surface area is 211 Å². The largest absolute Gasteiger partial charge is 0.460 e. The van der Waals surface area contributed by atoms with E-state index in [-0.39, 0.29) is 12.0 Å². The standard InChI is InChI=1S/C20H19F11O8/c1-9(2)12(33)36-8-11(32)37-10-6-4-5-7-16(10,38-13(34)17(23,24)15(3,21)22)39-14(35)18(25,26)19(27,28)20(29,30)31/h10H,1,4-8H2,2-3H3. The molecule has 2 unspecified atom stereocenters. The average Bonchev–Trinajstić information content (AvgIpc) is 2.77. The van der Waals surface area contributed by atoms with Gasteiger partial charge in [-0.15, -0.1) is 0 Å². The first-order chi connectivity index (χ1) is 17.3. The van der Waals surface area contributed by atoms with Gasteiger partial charge < -0.3 is 18.9 Å². The van der Waals surface area contributed by atoms with E-state index < -0.39 is 98.4 Å². The summed E-state index contributed by atoms with van der Waals surface area (Å²) in [6.07, 6.45) is -12.3. The van der Waals surface area contributed by atoms with Crippen LogP contribution >= 0.6 is 0 Å². The molecule has 0 aromatic rings. The average molecular weight is 596 g/mol. The van der Waals surface area contributed by atoms with Gasteiger partial charge in [0.2, 0.25) is 0 Å². The third-order valence-corrected chi connectivity index (χ3v) is 5.02. The number of rotatable bonds is 10. The molecule has 2 atom stereocenters. The van der Waals surface area contributed by atoms with E-state index >= 15 is 0 Å². The fourth-order valence-electron chi connectivity index (χ4n) is 2.85. The molecule has 0 spiro atoms. The predicted octanol–water partition coefficient (Wildman–Crippen LogP) is 4.50. The number of ether oxygens (including phenoxy) is 4. The molecule has 1 fully saturated rings. The topological polar surface area (TPSA) is 105 Å². The molecule has 0 bridgehead atoms. The second-order valence-electron chi connectivity index (χ2n) is 8.28. The zero-order chi connectivity index (χ0) is 30.8. The normalized spacial score (nSPS) is 21.0. The highest BCUT2D eigenvalue weighted by Gasteiger charge is 2.78. The third-order valence-electron chi connectivity index (χ3n) is 5.02. The quantitative estimate of drug-likeness (QED) is 0.119. The highest BCUT2D eigenvalue weighted by Crippen LogP contribution is 2.49. The number of hydrogen-bond donors (Lipinski definition) is 0. The van der Waals surface area contributed by atoms with Gasteiger partial charge in [0.05, 0.1) is 0 Å². The molecule has 0 radical (unpaired) electrons. The zero-order valence-electron chi connectivity index (χ0n) is 19.7. The molecule has 1 aliphatic carbocycles. The van der Waals surface area contributed by atoms with Gasteiger partial charge in [0.1, 0.15) is 0 Å². The Morgan fingerprint density at radius 3 is 1.77 bits per heavy atom. The third kappa shape index (κ3) is 7.09. The van der Waals surface area contributed by atoms with Crippen LogP contribution in [0, 0.1) is 0 Å². The lowest BCUT2D eigenvalue weighted by Crippen LogP contribution is -2.62. The van der Waals surface area contributed by atoms with E-state index in [0.29, 0.717) is 0 Å². The summed E-state index contributed by atoms with van der Waals surface area (Å²) in [5.41, 5.74) is -0.256. The summed E-state index contributed by atoms with van der Waals surface area (Å²) >= 11 is 0. The Morgan fingerprint density at radius 2 is 1.33 bits per heavy atom. The molecule has 0 saturated heterocycles. The van der Waals surface area contributed by atoms with E-state index in [1.54, 1.807) is 0 Å². The van der Waals surface area contributed by atoms with Crippen molar-refractivity contribution in [1.82, 2.24) is 0 Å². The van der Waals surface area contributed by atoms with Crippen LogP contribution in [0.15, 0.2) is 12.2 Å². The van der Waals surface area contributed by atoms with Gasteiger partial charge in [-0.25, -0.2) is 19.2 Å². The second kappa shape index (κ2) is 11.1. The molecule has 0 aliphatic heterocycles. The molecule has 0 aromatic carbocycles. The van der Waals surface area contributed by atoms with E-state index in [2.05, 4.69) is 25.5 Å². The minimum atomic E-state index is -7.12. The first kappa shape index (κ1) is 33.9. The molecule has 0 amide bonds. The fourth-order valence-corrected chi connectivity index (χ4v) is 2.85. The Hall–Kier alpha value is -3.15. The SMILES string of the molecule is C=C(C)C(=O)OCC(=O)OC1CCCCC1(OC(=O)C(F)(F)C(C)(F)F)OC(=O)C(F)(F)C(F)(F)C(F)(F)F. The molecule has 1 saturated carbocycles. The zero-order valence-corrected chi connectivity index (χ0v) is 19.7. The highest BCUT2D eigenvalue weighted by atomic mass is 19.4. The van der Waals surface area contributed by atoms with Crippen molar-refractivity contribution >= 4 is 23.9 Å². The van der Waals surface area contributed by atoms with Gasteiger partial charge in [-0.1, -0.05) is 6.58 Å². The van der Waals surface area contributed by atoms with Crippen LogP contribution in [0.4, 0.5) is 48.3 Å². The molecule has 0 heterocycles. The molecule has 39 heavy (non-hydrogen) atoms. The Morgan fingerprint density at radius 1 is 0.846 bits per heavy atom. The highest BCUT2D eigenvalue weighted by molar-refractivity contribution is 5.88. The van der Waals surface area contributed by atoms with Gasteiger partial charge in [0, 0.05) is 18.9 Å². The lowest BCUT2D eigenvalue weighted by Gasteiger charge is -2.42. The minimum absolute atomic E-state index is 0.185. The van der Waals surface area contributed by atoms with E-state index in [4.69, 9.17) is 0 Å². The predicted molar refractivity (Wildman–Crippen MR) is 101 cm³/mol. The maximum atomic E-state index is 13.9. The molecule has 0 N–H and O–H groups in total. The van der Waals surface area contributed by atoms with Crippen LogP contribution in [0.3, 0.4) is 0 Å². The van der Waals surface area contributed by atoms with Gasteiger partial charge in [-0.3, -0.25) is 0 Å². The molecular formula is C20H19F11O8. The molecule has 1 aliphatic rings. The summed E-state index contributed by atoms with van der Waals surface area (Å²) in [6, 6.07) is 0. The second-order valence-corrected chi connectivity index (χ2v) is 8.28. The molecule has 1 rings (SSSR count). The number of hydrogen-bond acceptors (Lipinski definition) is 8. The Bertz CT molecular complexity index is 987. The maximum absolute atomic E-state index is 13.9. The van der Waals surface area contributed by atoms with Crippen LogP contribution in [0.1, 0.15) is 39.5 Å². The van der Waals surface area contributed by atoms with Gasteiger partial charge in [-0.05, 0) is 26.2 Å². The molecule has 8 nitrogen and oxygen atoms in total. The van der Waals surface area contributed by atoms with Gasteiger partial charge >= 0.3 is 53.7 Å². The van der Waals surface area contributed by atoms with Crippen molar-refractivity contribution < 1.29 is 86.4 Å². The van der Waals surface area contributed by atoms with Crippen molar-refractivity contribution in [3.05, 3.63) is 12.2 Å². The van der Waals surface area contributed by atoms with Crippen LogP contribution in [0.2, 0.25) is 0 Å². The molecule has 224 valence electrons. The van der Waals surface area contributed by atoms with E-state index in [0.717, 1.165) is 6.92 Å². The smallest absolute Gasteiger partial charge is 0.452 e. The molecular weight excluding hydrogens is 577 g/mol. The van der Waals surface area contributed by atoms with Crippen LogP contribution in [0.5, 0.6) is 0 Å². The first-order valence-corrected chi connectivity index (χ1v) is 10.4.